The van der Waals surface area contributed by atoms with Crippen LogP contribution >= 0.6 is 0 Å². The Morgan fingerprint density at radius 2 is 1.23 bits per heavy atom. The molecule has 0 fully saturated rings. The highest BCUT2D eigenvalue weighted by atomic mass is 19.1. The van der Waals surface area contributed by atoms with Gasteiger partial charge >= 0.3 is 0 Å². The summed E-state index contributed by atoms with van der Waals surface area (Å²) < 4.78 is 14.7. The van der Waals surface area contributed by atoms with Crippen LogP contribution in [0.25, 0.3) is 12.2 Å². The van der Waals surface area contributed by atoms with Crippen LogP contribution in [0.4, 0.5) is 4.39 Å². The van der Waals surface area contributed by atoms with Crippen molar-refractivity contribution < 1.29 is 4.39 Å². The molecule has 0 saturated carbocycles. The summed E-state index contributed by atoms with van der Waals surface area (Å²) >= 11 is 0. The van der Waals surface area contributed by atoms with Crippen molar-refractivity contribution in [2.75, 3.05) is 0 Å². The van der Waals surface area contributed by atoms with Crippen LogP contribution in [-0.4, -0.2) is 0 Å². The number of halogens is 1. The monoisotopic (exact) mass is 462 g/mol. The highest BCUT2D eigenvalue weighted by Crippen LogP contribution is 2.22. The van der Waals surface area contributed by atoms with Crippen molar-refractivity contribution in [1.29, 1.82) is 0 Å². The second kappa shape index (κ2) is 12.3. The van der Waals surface area contributed by atoms with Gasteiger partial charge in [0, 0.05) is 5.56 Å². The smallest absolute Gasteiger partial charge is 0.130 e. The van der Waals surface area contributed by atoms with Gasteiger partial charge in [-0.25, -0.2) is 4.39 Å². The van der Waals surface area contributed by atoms with Crippen LogP contribution in [0.15, 0.2) is 97.1 Å². The molecule has 0 bridgehead atoms. The molecule has 0 nitrogen and oxygen atoms in total. The molecular formula is C34H35F. The van der Waals surface area contributed by atoms with Crippen LogP contribution in [0.3, 0.4) is 0 Å². The van der Waals surface area contributed by atoms with E-state index in [0.717, 1.165) is 36.8 Å². The van der Waals surface area contributed by atoms with E-state index in [1.54, 1.807) is 6.07 Å². The van der Waals surface area contributed by atoms with Crippen molar-refractivity contribution in [2.24, 2.45) is 0 Å². The van der Waals surface area contributed by atoms with Crippen LogP contribution in [0.2, 0.25) is 0 Å². The van der Waals surface area contributed by atoms with Gasteiger partial charge in [-0.05, 0) is 71.0 Å². The Balaban J connectivity index is 1.32. The summed E-state index contributed by atoms with van der Waals surface area (Å²) in [5, 5.41) is 0. The minimum Gasteiger partial charge on any atom is -0.206 e. The highest BCUT2D eigenvalue weighted by Gasteiger charge is 2.08. The molecule has 0 unspecified atom stereocenters. The molecule has 0 aliphatic heterocycles. The Hall–Kier alpha value is -3.45. The molecule has 1 atom stereocenters. The van der Waals surface area contributed by atoms with E-state index in [0.29, 0.717) is 11.5 Å². The standard InChI is InChI=1S/C34H35F/c1-3-7-27-10-12-28(13-11-27)14-15-29-16-18-30(19-17-29)20-22-33-23-21-31(25-34(33)35)24-26(2)32-8-5-4-6-9-32/h4-6,8-13,16-23,25-26H,3,7,14-15,24H2,1-2H3/t26-/m0/s1. The van der Waals surface area contributed by atoms with Crippen molar-refractivity contribution in [2.45, 2.75) is 51.9 Å². The quantitative estimate of drug-likeness (QED) is 0.206. The first-order valence-corrected chi connectivity index (χ1v) is 12.8. The van der Waals surface area contributed by atoms with Crippen molar-refractivity contribution in [3.63, 3.8) is 0 Å². The van der Waals surface area contributed by atoms with Crippen LogP contribution in [0.1, 0.15) is 65.1 Å². The summed E-state index contributed by atoms with van der Waals surface area (Å²) in [4.78, 5) is 0. The van der Waals surface area contributed by atoms with Gasteiger partial charge in [0.15, 0.2) is 0 Å². The van der Waals surface area contributed by atoms with Gasteiger partial charge in [-0.2, -0.15) is 0 Å². The Bertz CT molecular complexity index is 1220. The lowest BCUT2D eigenvalue weighted by molar-refractivity contribution is 0.620. The molecule has 0 radical (unpaired) electrons. The predicted octanol–water partition coefficient (Wildman–Crippen LogP) is 9.08. The van der Waals surface area contributed by atoms with Gasteiger partial charge in [0.25, 0.3) is 0 Å². The van der Waals surface area contributed by atoms with E-state index in [-0.39, 0.29) is 5.82 Å². The molecule has 0 N–H and O–H groups in total. The molecule has 35 heavy (non-hydrogen) atoms. The van der Waals surface area contributed by atoms with Gasteiger partial charge in [-0.15, -0.1) is 0 Å². The minimum atomic E-state index is -0.166. The first-order valence-electron chi connectivity index (χ1n) is 12.8. The van der Waals surface area contributed by atoms with Crippen molar-refractivity contribution in [1.82, 2.24) is 0 Å². The van der Waals surface area contributed by atoms with Crippen molar-refractivity contribution >= 4 is 12.2 Å². The van der Waals surface area contributed by atoms with Crippen molar-refractivity contribution in [3.8, 4) is 0 Å². The normalized spacial score (nSPS) is 12.2. The SMILES string of the molecule is CCCc1ccc(CCc2ccc(C=Cc3ccc(C[C@H](C)c4ccccc4)cc3F)cc2)cc1. The number of hydrogen-bond donors (Lipinski definition) is 0. The van der Waals surface area contributed by atoms with Gasteiger partial charge in [-0.1, -0.05) is 123 Å². The number of rotatable bonds is 10. The number of hydrogen-bond acceptors (Lipinski definition) is 0. The molecule has 0 spiro atoms. The Morgan fingerprint density at radius 3 is 1.83 bits per heavy atom. The molecule has 4 aromatic carbocycles. The van der Waals surface area contributed by atoms with Gasteiger partial charge in [0.2, 0.25) is 0 Å². The zero-order valence-corrected chi connectivity index (χ0v) is 20.9. The number of aryl methyl sites for hydroxylation is 3. The van der Waals surface area contributed by atoms with E-state index < -0.39 is 0 Å². The molecular weight excluding hydrogens is 427 g/mol. The summed E-state index contributed by atoms with van der Waals surface area (Å²) in [7, 11) is 0. The molecule has 178 valence electrons. The molecule has 4 aromatic rings. The highest BCUT2D eigenvalue weighted by molar-refractivity contribution is 5.70. The molecule has 0 aliphatic rings. The summed E-state index contributed by atoms with van der Waals surface area (Å²) in [5.74, 6) is 0.191. The number of benzene rings is 4. The lowest BCUT2D eigenvalue weighted by Gasteiger charge is -2.12. The van der Waals surface area contributed by atoms with E-state index in [4.69, 9.17) is 0 Å². The van der Waals surface area contributed by atoms with E-state index in [1.165, 1.54) is 28.7 Å². The van der Waals surface area contributed by atoms with E-state index >= 15 is 0 Å². The zero-order chi connectivity index (χ0) is 24.5. The molecule has 0 aromatic heterocycles. The Morgan fingerprint density at radius 1 is 0.657 bits per heavy atom. The molecule has 0 aliphatic carbocycles. The second-order valence-electron chi connectivity index (χ2n) is 9.51. The van der Waals surface area contributed by atoms with Crippen molar-refractivity contribution in [3.05, 3.63) is 142 Å². The maximum absolute atomic E-state index is 14.7. The fraction of sp³-hybridized carbons (Fsp3) is 0.235. The summed E-state index contributed by atoms with van der Waals surface area (Å²) in [5.41, 5.74) is 8.13. The summed E-state index contributed by atoms with van der Waals surface area (Å²) in [6.07, 6.45) is 9.09. The van der Waals surface area contributed by atoms with E-state index in [1.807, 2.05) is 30.4 Å². The van der Waals surface area contributed by atoms with Crippen LogP contribution < -0.4 is 0 Å². The van der Waals surface area contributed by atoms with E-state index in [9.17, 15) is 4.39 Å². The Kier molecular flexibility index (Phi) is 8.68. The summed E-state index contributed by atoms with van der Waals surface area (Å²) in [6, 6.07) is 33.6. The fourth-order valence-electron chi connectivity index (χ4n) is 4.52. The van der Waals surface area contributed by atoms with Gasteiger partial charge < -0.3 is 0 Å². The third kappa shape index (κ3) is 7.26. The first kappa shape index (κ1) is 24.7. The summed E-state index contributed by atoms with van der Waals surface area (Å²) in [6.45, 7) is 4.40. The first-order chi connectivity index (χ1) is 17.1. The fourth-order valence-corrected chi connectivity index (χ4v) is 4.52. The topological polar surface area (TPSA) is 0 Å². The second-order valence-corrected chi connectivity index (χ2v) is 9.51. The van der Waals surface area contributed by atoms with Gasteiger partial charge in [-0.3, -0.25) is 0 Å². The molecule has 0 heterocycles. The molecule has 1 heteroatoms. The predicted molar refractivity (Wildman–Crippen MR) is 148 cm³/mol. The average molecular weight is 463 g/mol. The van der Waals surface area contributed by atoms with Crippen LogP contribution in [-0.2, 0) is 25.7 Å². The third-order valence-electron chi connectivity index (χ3n) is 6.67. The maximum Gasteiger partial charge on any atom is 0.130 e. The maximum atomic E-state index is 14.7. The molecule has 4 rings (SSSR count). The lowest BCUT2D eigenvalue weighted by Crippen LogP contribution is -1.99. The van der Waals surface area contributed by atoms with Crippen LogP contribution in [0.5, 0.6) is 0 Å². The lowest BCUT2D eigenvalue weighted by atomic mass is 9.93. The zero-order valence-electron chi connectivity index (χ0n) is 20.9. The average Bonchev–Trinajstić information content (AvgIpc) is 2.89. The largest absolute Gasteiger partial charge is 0.206 e. The van der Waals surface area contributed by atoms with Gasteiger partial charge in [0.05, 0.1) is 0 Å². The molecule has 0 amide bonds. The van der Waals surface area contributed by atoms with Crippen LogP contribution in [0, 0.1) is 5.82 Å². The molecule has 0 saturated heterocycles. The third-order valence-corrected chi connectivity index (χ3v) is 6.67. The van der Waals surface area contributed by atoms with Gasteiger partial charge in [0.1, 0.15) is 5.82 Å². The minimum absolute atomic E-state index is 0.166. The van der Waals surface area contributed by atoms with E-state index in [2.05, 4.69) is 86.6 Å². The Labute approximate surface area is 210 Å².